The molecule has 9 heteroatoms. The Labute approximate surface area is 186 Å². The van der Waals surface area contributed by atoms with Gasteiger partial charge in [0.25, 0.3) is 0 Å². The Balaban J connectivity index is 1.51. The molecule has 1 saturated carbocycles. The minimum absolute atomic E-state index is 0.0966. The number of thiophene rings is 1. The van der Waals surface area contributed by atoms with Gasteiger partial charge in [0.2, 0.25) is 21.8 Å². The molecular formula is C22H26N2O5S2. The largest absolute Gasteiger partial charge is 0.388 e. The molecule has 2 aliphatic rings. The Morgan fingerprint density at radius 3 is 2.23 bits per heavy atom. The van der Waals surface area contributed by atoms with Gasteiger partial charge in [-0.25, -0.2) is 13.1 Å². The highest BCUT2D eigenvalue weighted by Crippen LogP contribution is 2.44. The van der Waals surface area contributed by atoms with Gasteiger partial charge in [0.1, 0.15) is 0 Å². The second kappa shape index (κ2) is 8.46. The molecule has 1 aliphatic carbocycles. The van der Waals surface area contributed by atoms with Gasteiger partial charge in [-0.15, -0.1) is 11.3 Å². The van der Waals surface area contributed by atoms with E-state index in [1.807, 2.05) is 12.1 Å². The second-order valence-corrected chi connectivity index (χ2v) is 11.2. The van der Waals surface area contributed by atoms with Crippen LogP contribution in [-0.4, -0.2) is 31.9 Å². The third kappa shape index (κ3) is 4.32. The fourth-order valence-corrected chi connectivity index (χ4v) is 6.70. The zero-order chi connectivity index (χ0) is 22.2. The molecule has 7 nitrogen and oxygen atoms in total. The summed E-state index contributed by atoms with van der Waals surface area (Å²) in [5, 5.41) is 9.86. The van der Waals surface area contributed by atoms with Gasteiger partial charge < -0.3 is 5.11 Å². The van der Waals surface area contributed by atoms with Crippen molar-refractivity contribution >= 4 is 38.9 Å². The summed E-state index contributed by atoms with van der Waals surface area (Å²) in [5.41, 5.74) is 0.127. The van der Waals surface area contributed by atoms with Crippen molar-refractivity contribution in [2.24, 2.45) is 0 Å². The number of imide groups is 1. The molecule has 166 valence electrons. The first-order valence-electron chi connectivity index (χ1n) is 10.5. The molecule has 2 heterocycles. The number of anilines is 1. The molecule has 1 aliphatic heterocycles. The highest BCUT2D eigenvalue weighted by molar-refractivity contribution is 7.89. The summed E-state index contributed by atoms with van der Waals surface area (Å²) in [7, 11) is -3.75. The van der Waals surface area contributed by atoms with Crippen molar-refractivity contribution in [2.45, 2.75) is 61.9 Å². The van der Waals surface area contributed by atoms with E-state index in [1.54, 1.807) is 18.3 Å². The number of nitrogens with zero attached hydrogens (tertiary/aromatic N) is 1. The molecule has 31 heavy (non-hydrogen) atoms. The summed E-state index contributed by atoms with van der Waals surface area (Å²) in [4.78, 5) is 27.0. The molecule has 0 spiro atoms. The summed E-state index contributed by atoms with van der Waals surface area (Å²) in [6.07, 6.45) is 3.69. The number of rotatable bonds is 7. The van der Waals surface area contributed by atoms with Crippen LogP contribution in [0.4, 0.5) is 5.69 Å². The highest BCUT2D eigenvalue weighted by atomic mass is 32.2. The Hall–Kier alpha value is -2.07. The molecule has 1 atom stereocenters. The van der Waals surface area contributed by atoms with E-state index in [2.05, 4.69) is 4.72 Å². The smallest absolute Gasteiger partial charge is 0.240 e. The van der Waals surface area contributed by atoms with Crippen molar-refractivity contribution in [3.63, 3.8) is 0 Å². The van der Waals surface area contributed by atoms with Crippen LogP contribution in [0.25, 0.3) is 0 Å². The minimum Gasteiger partial charge on any atom is -0.388 e. The summed E-state index contributed by atoms with van der Waals surface area (Å²) in [6, 6.07) is 9.76. The fraction of sp³-hybridized carbons (Fsp3) is 0.455. The van der Waals surface area contributed by atoms with Gasteiger partial charge in [0, 0.05) is 34.6 Å². The van der Waals surface area contributed by atoms with Crippen LogP contribution in [-0.2, 0) is 25.0 Å². The van der Waals surface area contributed by atoms with E-state index in [0.29, 0.717) is 12.2 Å². The normalized spacial score (nSPS) is 19.9. The van der Waals surface area contributed by atoms with Gasteiger partial charge >= 0.3 is 0 Å². The maximum absolute atomic E-state index is 12.9. The van der Waals surface area contributed by atoms with Crippen LogP contribution in [0.1, 0.15) is 61.3 Å². The monoisotopic (exact) mass is 462 g/mol. The quantitative estimate of drug-likeness (QED) is 0.615. The lowest BCUT2D eigenvalue weighted by atomic mass is 9.85. The van der Waals surface area contributed by atoms with Crippen LogP contribution in [0, 0.1) is 0 Å². The first-order valence-corrected chi connectivity index (χ1v) is 12.8. The fourth-order valence-electron chi connectivity index (χ4n) is 4.38. The molecule has 2 amide bonds. The predicted molar refractivity (Wildman–Crippen MR) is 118 cm³/mol. The van der Waals surface area contributed by atoms with Gasteiger partial charge in [-0.05, 0) is 56.2 Å². The second-order valence-electron chi connectivity index (χ2n) is 8.31. The number of hydrogen-bond acceptors (Lipinski definition) is 6. The number of nitrogens with one attached hydrogen (secondary N) is 1. The van der Waals surface area contributed by atoms with Crippen LogP contribution in [0.5, 0.6) is 0 Å². The van der Waals surface area contributed by atoms with Crippen molar-refractivity contribution in [1.82, 2.24) is 4.72 Å². The molecule has 2 N–H and O–H groups in total. The van der Waals surface area contributed by atoms with Crippen molar-refractivity contribution < 1.29 is 23.1 Å². The molecule has 1 aromatic heterocycles. The van der Waals surface area contributed by atoms with E-state index >= 15 is 0 Å². The van der Waals surface area contributed by atoms with E-state index < -0.39 is 16.1 Å². The lowest BCUT2D eigenvalue weighted by Crippen LogP contribution is -2.38. The topological polar surface area (TPSA) is 104 Å². The number of carbonyl (C=O) groups is 2. The van der Waals surface area contributed by atoms with Gasteiger partial charge in [0.15, 0.2) is 0 Å². The van der Waals surface area contributed by atoms with Crippen molar-refractivity contribution in [1.29, 1.82) is 0 Å². The molecule has 1 aromatic carbocycles. The lowest BCUT2D eigenvalue weighted by molar-refractivity contribution is -0.121. The Bertz CT molecular complexity index is 1070. The maximum atomic E-state index is 12.9. The summed E-state index contributed by atoms with van der Waals surface area (Å²) < 4.78 is 28.7. The first kappa shape index (κ1) is 22.1. The van der Waals surface area contributed by atoms with E-state index in [9.17, 15) is 23.1 Å². The third-order valence-corrected chi connectivity index (χ3v) is 9.10. The van der Waals surface area contributed by atoms with E-state index in [1.165, 1.54) is 24.3 Å². The van der Waals surface area contributed by atoms with Crippen molar-refractivity contribution in [3.05, 3.63) is 46.2 Å². The van der Waals surface area contributed by atoms with Gasteiger partial charge in [-0.1, -0.05) is 12.8 Å². The summed E-state index contributed by atoms with van der Waals surface area (Å²) in [6.45, 7) is 2.02. The molecule has 1 unspecified atom stereocenters. The average Bonchev–Trinajstić information content (AvgIpc) is 3.47. The third-order valence-electron chi connectivity index (χ3n) is 6.18. The lowest BCUT2D eigenvalue weighted by Gasteiger charge is -2.28. The van der Waals surface area contributed by atoms with Gasteiger partial charge in [-0.2, -0.15) is 0 Å². The first-order chi connectivity index (χ1) is 14.7. The van der Waals surface area contributed by atoms with Crippen LogP contribution < -0.4 is 9.62 Å². The zero-order valence-electron chi connectivity index (χ0n) is 17.3. The Morgan fingerprint density at radius 1 is 1.06 bits per heavy atom. The molecule has 2 aromatic rings. The number of aliphatic hydroxyl groups is 1. The van der Waals surface area contributed by atoms with Crippen LogP contribution in [0.15, 0.2) is 41.3 Å². The molecule has 1 saturated heterocycles. The standard InChI is InChI=1S/C22H26N2O5S2/c1-15(25)18-8-9-19(30-18)22(12-2-3-13-22)14-23-31(28,29)17-6-4-16(5-7-17)24-20(26)10-11-21(24)27/h4-9,15,23,25H,2-3,10-14H2,1H3. The minimum atomic E-state index is -3.75. The zero-order valence-corrected chi connectivity index (χ0v) is 19.0. The molecule has 4 rings (SSSR count). The summed E-state index contributed by atoms with van der Waals surface area (Å²) >= 11 is 1.55. The van der Waals surface area contributed by atoms with E-state index in [4.69, 9.17) is 0 Å². The van der Waals surface area contributed by atoms with Crippen LogP contribution in [0.3, 0.4) is 0 Å². The number of amides is 2. The maximum Gasteiger partial charge on any atom is 0.240 e. The predicted octanol–water partition coefficient (Wildman–Crippen LogP) is 3.25. The molecular weight excluding hydrogens is 436 g/mol. The number of hydrogen-bond donors (Lipinski definition) is 2. The average molecular weight is 463 g/mol. The molecule has 0 radical (unpaired) electrons. The Kier molecular flexibility index (Phi) is 6.04. The number of aliphatic hydroxyl groups excluding tert-OH is 1. The van der Waals surface area contributed by atoms with Gasteiger partial charge in [0.05, 0.1) is 16.7 Å². The van der Waals surface area contributed by atoms with Gasteiger partial charge in [-0.3, -0.25) is 14.5 Å². The van der Waals surface area contributed by atoms with E-state index in [-0.39, 0.29) is 35.0 Å². The number of benzene rings is 1. The molecule has 2 fully saturated rings. The van der Waals surface area contributed by atoms with E-state index in [0.717, 1.165) is 40.3 Å². The number of sulfonamides is 1. The molecule has 0 bridgehead atoms. The highest BCUT2D eigenvalue weighted by Gasteiger charge is 2.38. The van der Waals surface area contributed by atoms with Crippen molar-refractivity contribution in [2.75, 3.05) is 11.4 Å². The van der Waals surface area contributed by atoms with Crippen molar-refractivity contribution in [3.8, 4) is 0 Å². The Morgan fingerprint density at radius 2 is 1.68 bits per heavy atom. The van der Waals surface area contributed by atoms with Crippen LogP contribution in [0.2, 0.25) is 0 Å². The SMILES string of the molecule is CC(O)c1ccc(C2(CNS(=O)(=O)c3ccc(N4C(=O)CCC4=O)cc3)CCCC2)s1. The number of carbonyl (C=O) groups excluding carboxylic acids is 2. The van der Waals surface area contributed by atoms with Crippen LogP contribution >= 0.6 is 11.3 Å². The summed E-state index contributed by atoms with van der Waals surface area (Å²) in [5.74, 6) is -0.538.